The molecule has 0 aliphatic rings. The van der Waals surface area contributed by atoms with Gasteiger partial charge in [-0.1, -0.05) is 11.6 Å². The molecule has 0 bridgehead atoms. The third-order valence-electron chi connectivity index (χ3n) is 3.65. The molecule has 0 spiro atoms. The average molecular weight is 360 g/mol. The molecule has 1 N–H and O–H groups in total. The number of nitrogens with zero attached hydrogens (tertiary/aromatic N) is 4. The zero-order valence-corrected chi connectivity index (χ0v) is 15.4. The number of hydrogen-bond acceptors (Lipinski definition) is 4. The van der Waals surface area contributed by atoms with Gasteiger partial charge in [-0.15, -0.1) is 0 Å². The first-order valence-electron chi connectivity index (χ1n) is 7.49. The number of halogens is 1. The maximum absolute atomic E-state index is 12.3. The van der Waals surface area contributed by atoms with E-state index in [0.717, 1.165) is 11.4 Å². The molecular weight excluding hydrogens is 338 g/mol. The van der Waals surface area contributed by atoms with E-state index in [2.05, 4.69) is 14.9 Å². The van der Waals surface area contributed by atoms with Gasteiger partial charge in [-0.2, -0.15) is 10.2 Å². The molecule has 0 radical (unpaired) electrons. The highest BCUT2D eigenvalue weighted by atomic mass is 35.5. The Labute approximate surface area is 141 Å². The predicted octanol–water partition coefficient (Wildman–Crippen LogP) is 2.05. The van der Waals surface area contributed by atoms with Gasteiger partial charge in [0.2, 0.25) is 10.0 Å². The van der Waals surface area contributed by atoms with E-state index >= 15 is 0 Å². The third-order valence-corrected chi connectivity index (χ3v) is 5.76. The molecule has 0 aliphatic carbocycles. The van der Waals surface area contributed by atoms with Crippen molar-refractivity contribution in [2.24, 2.45) is 0 Å². The van der Waals surface area contributed by atoms with Crippen molar-refractivity contribution in [1.82, 2.24) is 24.3 Å². The first kappa shape index (κ1) is 18.0. The smallest absolute Gasteiger partial charge is 0.243 e. The van der Waals surface area contributed by atoms with E-state index < -0.39 is 10.0 Å². The molecule has 2 aromatic rings. The Balaban J connectivity index is 1.94. The number of aromatic nitrogens is 4. The molecule has 0 unspecified atom stereocenters. The summed E-state index contributed by atoms with van der Waals surface area (Å²) in [6, 6.07) is 0. The van der Waals surface area contributed by atoms with Crippen LogP contribution in [0.3, 0.4) is 0 Å². The minimum atomic E-state index is -3.54. The molecular formula is C14H22ClN5O2S. The van der Waals surface area contributed by atoms with Crippen LogP contribution in [0.15, 0.2) is 11.1 Å². The number of nitrogens with one attached hydrogen (secondary N) is 1. The van der Waals surface area contributed by atoms with Crippen molar-refractivity contribution in [3.05, 3.63) is 28.3 Å². The summed E-state index contributed by atoms with van der Waals surface area (Å²) in [5.74, 6) is 0. The molecule has 23 heavy (non-hydrogen) atoms. The molecule has 9 heteroatoms. The Hall–Kier alpha value is -1.38. The lowest BCUT2D eigenvalue weighted by molar-refractivity contribution is 0.544. The van der Waals surface area contributed by atoms with Crippen molar-refractivity contribution in [2.75, 3.05) is 6.54 Å². The van der Waals surface area contributed by atoms with E-state index in [-0.39, 0.29) is 4.90 Å². The molecule has 2 aromatic heterocycles. The van der Waals surface area contributed by atoms with Gasteiger partial charge in [0.15, 0.2) is 0 Å². The molecule has 7 nitrogen and oxygen atoms in total. The van der Waals surface area contributed by atoms with Crippen LogP contribution < -0.4 is 4.72 Å². The summed E-state index contributed by atoms with van der Waals surface area (Å²) in [7, 11) is -3.54. The Bertz CT molecular complexity index is 794. The standard InChI is InChI=1S/C14H22ClN5O2S/c1-5-19-9-13(10(2)17-19)23(21,22)16-7-6-8-20-12(4)14(15)11(3)18-20/h9,16H,5-8H2,1-4H3. The second kappa shape index (κ2) is 7.02. The fourth-order valence-corrected chi connectivity index (χ4v) is 3.73. The molecule has 0 atom stereocenters. The molecule has 128 valence electrons. The Morgan fingerprint density at radius 2 is 1.91 bits per heavy atom. The third kappa shape index (κ3) is 3.94. The second-order valence-electron chi connectivity index (χ2n) is 5.39. The van der Waals surface area contributed by atoms with Crippen molar-refractivity contribution >= 4 is 21.6 Å². The molecule has 0 saturated heterocycles. The quantitative estimate of drug-likeness (QED) is 0.767. The molecule has 0 saturated carbocycles. The summed E-state index contributed by atoms with van der Waals surface area (Å²) in [6.45, 7) is 8.92. The van der Waals surface area contributed by atoms with Crippen molar-refractivity contribution in [2.45, 2.75) is 52.1 Å². The van der Waals surface area contributed by atoms with Crippen LogP contribution in [0.25, 0.3) is 0 Å². The van der Waals surface area contributed by atoms with Crippen LogP contribution in [-0.2, 0) is 23.1 Å². The summed E-state index contributed by atoms with van der Waals surface area (Å²) in [5.41, 5.74) is 2.18. The van der Waals surface area contributed by atoms with Crippen LogP contribution in [-0.4, -0.2) is 34.5 Å². The number of aryl methyl sites for hydroxylation is 4. The van der Waals surface area contributed by atoms with Gasteiger partial charge in [0.05, 0.1) is 22.1 Å². The monoisotopic (exact) mass is 359 g/mol. The largest absolute Gasteiger partial charge is 0.271 e. The summed E-state index contributed by atoms with van der Waals surface area (Å²) in [6.07, 6.45) is 2.18. The molecule has 2 rings (SSSR count). The SMILES string of the molecule is CCn1cc(S(=O)(=O)NCCCn2nc(C)c(Cl)c2C)c(C)n1. The highest BCUT2D eigenvalue weighted by Gasteiger charge is 2.19. The van der Waals surface area contributed by atoms with E-state index in [4.69, 9.17) is 11.6 Å². The summed E-state index contributed by atoms with van der Waals surface area (Å²) < 4.78 is 30.6. The van der Waals surface area contributed by atoms with Gasteiger partial charge in [-0.25, -0.2) is 13.1 Å². The summed E-state index contributed by atoms with van der Waals surface area (Å²) >= 11 is 6.09. The van der Waals surface area contributed by atoms with Gasteiger partial charge in [0.25, 0.3) is 0 Å². The lowest BCUT2D eigenvalue weighted by atomic mass is 10.4. The van der Waals surface area contributed by atoms with E-state index in [1.165, 1.54) is 0 Å². The van der Waals surface area contributed by atoms with Crippen LogP contribution in [0.5, 0.6) is 0 Å². The van der Waals surface area contributed by atoms with E-state index in [9.17, 15) is 8.42 Å². The normalized spacial score (nSPS) is 12.0. The van der Waals surface area contributed by atoms with Crippen LogP contribution in [0, 0.1) is 20.8 Å². The van der Waals surface area contributed by atoms with Crippen molar-refractivity contribution < 1.29 is 8.42 Å². The number of hydrogen-bond donors (Lipinski definition) is 1. The molecule has 2 heterocycles. The van der Waals surface area contributed by atoms with Gasteiger partial charge in [-0.3, -0.25) is 9.36 Å². The van der Waals surface area contributed by atoms with Crippen molar-refractivity contribution in [3.63, 3.8) is 0 Å². The van der Waals surface area contributed by atoms with Crippen LogP contribution in [0.4, 0.5) is 0 Å². The fourth-order valence-electron chi connectivity index (χ4n) is 2.33. The Kier molecular flexibility index (Phi) is 5.49. The minimum Gasteiger partial charge on any atom is -0.271 e. The van der Waals surface area contributed by atoms with Crippen LogP contribution in [0.2, 0.25) is 5.02 Å². The second-order valence-corrected chi connectivity index (χ2v) is 7.51. The van der Waals surface area contributed by atoms with Crippen LogP contribution >= 0.6 is 11.6 Å². The number of sulfonamides is 1. The highest BCUT2D eigenvalue weighted by molar-refractivity contribution is 7.89. The maximum atomic E-state index is 12.3. The molecule has 0 amide bonds. The van der Waals surface area contributed by atoms with E-state index in [1.54, 1.807) is 22.5 Å². The molecule has 0 aromatic carbocycles. The van der Waals surface area contributed by atoms with Gasteiger partial charge in [0.1, 0.15) is 4.90 Å². The zero-order chi connectivity index (χ0) is 17.2. The first-order valence-corrected chi connectivity index (χ1v) is 9.35. The van der Waals surface area contributed by atoms with Gasteiger partial charge >= 0.3 is 0 Å². The highest BCUT2D eigenvalue weighted by Crippen LogP contribution is 2.19. The maximum Gasteiger partial charge on any atom is 0.243 e. The minimum absolute atomic E-state index is 0.230. The van der Waals surface area contributed by atoms with Gasteiger partial charge in [0, 0.05) is 25.8 Å². The molecule has 0 aliphatic heterocycles. The fraction of sp³-hybridized carbons (Fsp3) is 0.571. The predicted molar refractivity (Wildman–Crippen MR) is 89.2 cm³/mol. The zero-order valence-electron chi connectivity index (χ0n) is 13.8. The Morgan fingerprint density at radius 3 is 2.43 bits per heavy atom. The summed E-state index contributed by atoms with van der Waals surface area (Å²) in [4.78, 5) is 0.230. The van der Waals surface area contributed by atoms with Gasteiger partial charge in [-0.05, 0) is 34.1 Å². The van der Waals surface area contributed by atoms with Gasteiger partial charge < -0.3 is 0 Å². The number of rotatable bonds is 7. The topological polar surface area (TPSA) is 81.8 Å². The first-order chi connectivity index (χ1) is 10.8. The Morgan fingerprint density at radius 1 is 1.22 bits per heavy atom. The van der Waals surface area contributed by atoms with Crippen molar-refractivity contribution in [1.29, 1.82) is 0 Å². The lowest BCUT2D eigenvalue weighted by Crippen LogP contribution is -2.26. The van der Waals surface area contributed by atoms with E-state index in [0.29, 0.717) is 36.8 Å². The lowest BCUT2D eigenvalue weighted by Gasteiger charge is -2.07. The summed E-state index contributed by atoms with van der Waals surface area (Å²) in [5, 5.41) is 9.15. The van der Waals surface area contributed by atoms with Crippen molar-refractivity contribution in [3.8, 4) is 0 Å². The average Bonchev–Trinajstić information content (AvgIpc) is 3.00. The van der Waals surface area contributed by atoms with E-state index in [1.807, 2.05) is 20.8 Å². The molecule has 0 fully saturated rings. The van der Waals surface area contributed by atoms with Crippen LogP contribution in [0.1, 0.15) is 30.4 Å².